The summed E-state index contributed by atoms with van der Waals surface area (Å²) in [7, 11) is 0. The van der Waals surface area contributed by atoms with Gasteiger partial charge in [-0.15, -0.1) is 0 Å². The van der Waals surface area contributed by atoms with Gasteiger partial charge in [-0.25, -0.2) is 0 Å². The zero-order chi connectivity index (χ0) is 24.1. The lowest BCUT2D eigenvalue weighted by atomic mass is 10.0. The van der Waals surface area contributed by atoms with E-state index in [9.17, 15) is 0 Å². The lowest BCUT2D eigenvalue weighted by Crippen LogP contribution is -2.49. The zero-order valence-electron chi connectivity index (χ0n) is 20.3. The van der Waals surface area contributed by atoms with E-state index in [-0.39, 0.29) is 5.71 Å². The molecule has 8 heteroatoms. The SMILES string of the molecule is Cc1cccc(C(=N)/C(=N\N)c2ccc3ncc(NCCN4CCN(C(C)C)CC4)cc3c2)n1. The molecule has 8 nitrogen and oxygen atoms in total. The molecule has 0 bridgehead atoms. The van der Waals surface area contributed by atoms with Gasteiger partial charge in [-0.05, 0) is 51.1 Å². The number of nitrogens with two attached hydrogens (primary N) is 1. The largest absolute Gasteiger partial charge is 0.382 e. The highest BCUT2D eigenvalue weighted by Gasteiger charge is 2.18. The molecule has 3 heterocycles. The molecule has 0 spiro atoms. The molecule has 0 radical (unpaired) electrons. The maximum absolute atomic E-state index is 8.59. The highest BCUT2D eigenvalue weighted by atomic mass is 15.3. The monoisotopic (exact) mass is 458 g/mol. The summed E-state index contributed by atoms with van der Waals surface area (Å²) in [4.78, 5) is 14.1. The number of hydrogen-bond donors (Lipinski definition) is 3. The van der Waals surface area contributed by atoms with Gasteiger partial charge in [-0.1, -0.05) is 12.1 Å². The fourth-order valence-corrected chi connectivity index (χ4v) is 4.32. The summed E-state index contributed by atoms with van der Waals surface area (Å²) in [6.45, 7) is 12.8. The maximum atomic E-state index is 8.59. The molecule has 3 aromatic rings. The molecule has 2 aromatic heterocycles. The number of hydrazone groups is 1. The molecule has 1 aromatic carbocycles. The molecule has 0 aliphatic carbocycles. The second-order valence-electron chi connectivity index (χ2n) is 9.05. The Kier molecular flexibility index (Phi) is 7.49. The normalized spacial score (nSPS) is 15.7. The van der Waals surface area contributed by atoms with E-state index >= 15 is 0 Å². The Bertz CT molecular complexity index is 1180. The number of rotatable bonds is 8. The Morgan fingerprint density at radius 3 is 2.65 bits per heavy atom. The highest BCUT2D eigenvalue weighted by Crippen LogP contribution is 2.20. The van der Waals surface area contributed by atoms with Gasteiger partial charge in [0.05, 0.1) is 23.1 Å². The number of anilines is 1. The third-order valence-electron chi connectivity index (χ3n) is 6.36. The molecular weight excluding hydrogens is 424 g/mol. The predicted molar refractivity (Wildman–Crippen MR) is 140 cm³/mol. The zero-order valence-corrected chi connectivity index (χ0v) is 20.3. The van der Waals surface area contributed by atoms with Gasteiger partial charge in [0.1, 0.15) is 11.4 Å². The average Bonchev–Trinajstić information content (AvgIpc) is 2.84. The first-order valence-electron chi connectivity index (χ1n) is 11.9. The number of fused-ring (bicyclic) bond motifs is 1. The number of piperazine rings is 1. The van der Waals surface area contributed by atoms with Crippen LogP contribution in [0.3, 0.4) is 0 Å². The molecule has 34 heavy (non-hydrogen) atoms. The lowest BCUT2D eigenvalue weighted by molar-refractivity contribution is 0.111. The lowest BCUT2D eigenvalue weighted by Gasteiger charge is -2.36. The molecule has 0 amide bonds. The van der Waals surface area contributed by atoms with E-state index in [0.717, 1.165) is 67.1 Å². The number of nitrogens with zero attached hydrogens (tertiary/aromatic N) is 5. The van der Waals surface area contributed by atoms with Crippen molar-refractivity contribution in [3.8, 4) is 0 Å². The van der Waals surface area contributed by atoms with E-state index in [0.29, 0.717) is 17.4 Å². The Hall–Kier alpha value is -3.36. The number of hydrogen-bond acceptors (Lipinski definition) is 8. The second kappa shape index (κ2) is 10.7. The van der Waals surface area contributed by atoms with Crippen molar-refractivity contribution in [3.63, 3.8) is 0 Å². The molecule has 4 rings (SSSR count). The maximum Gasteiger partial charge on any atom is 0.117 e. The Labute approximate surface area is 201 Å². The number of pyridine rings is 2. The van der Waals surface area contributed by atoms with Gasteiger partial charge in [0.25, 0.3) is 0 Å². The molecule has 0 unspecified atom stereocenters. The van der Waals surface area contributed by atoms with Crippen molar-refractivity contribution in [2.45, 2.75) is 26.8 Å². The number of aromatic nitrogens is 2. The van der Waals surface area contributed by atoms with Crippen LogP contribution in [0.25, 0.3) is 10.9 Å². The number of benzene rings is 1. The summed E-state index contributed by atoms with van der Waals surface area (Å²) in [5.74, 6) is 5.70. The Morgan fingerprint density at radius 1 is 1.15 bits per heavy atom. The first kappa shape index (κ1) is 23.8. The van der Waals surface area contributed by atoms with E-state index < -0.39 is 0 Å². The topological polar surface area (TPSA) is 107 Å². The van der Waals surface area contributed by atoms with Crippen molar-refractivity contribution in [2.24, 2.45) is 10.9 Å². The quantitative estimate of drug-likeness (QED) is 0.272. The molecule has 0 saturated carbocycles. The Balaban J connectivity index is 1.43. The third kappa shape index (κ3) is 5.58. The van der Waals surface area contributed by atoms with Crippen molar-refractivity contribution in [1.82, 2.24) is 19.8 Å². The average molecular weight is 459 g/mol. The van der Waals surface area contributed by atoms with E-state index in [4.69, 9.17) is 11.3 Å². The second-order valence-corrected chi connectivity index (χ2v) is 9.05. The van der Waals surface area contributed by atoms with Crippen LogP contribution < -0.4 is 11.2 Å². The van der Waals surface area contributed by atoms with Crippen LogP contribution in [0.5, 0.6) is 0 Å². The van der Waals surface area contributed by atoms with Gasteiger partial charge in [0.2, 0.25) is 0 Å². The summed E-state index contributed by atoms with van der Waals surface area (Å²) in [6, 6.07) is 14.1. The van der Waals surface area contributed by atoms with Crippen LogP contribution in [-0.4, -0.2) is 76.5 Å². The van der Waals surface area contributed by atoms with Crippen molar-refractivity contribution in [3.05, 3.63) is 65.6 Å². The number of nitrogens with one attached hydrogen (secondary N) is 2. The Morgan fingerprint density at radius 2 is 1.94 bits per heavy atom. The molecule has 1 aliphatic rings. The molecule has 1 fully saturated rings. The van der Waals surface area contributed by atoms with Crippen molar-refractivity contribution in [1.29, 1.82) is 5.41 Å². The van der Waals surface area contributed by atoms with Gasteiger partial charge in [0.15, 0.2) is 0 Å². The van der Waals surface area contributed by atoms with Crippen molar-refractivity contribution >= 4 is 28.0 Å². The van der Waals surface area contributed by atoms with Crippen molar-refractivity contribution in [2.75, 3.05) is 44.6 Å². The van der Waals surface area contributed by atoms with E-state index in [2.05, 4.69) is 50.1 Å². The van der Waals surface area contributed by atoms with Gasteiger partial charge in [-0.3, -0.25) is 25.2 Å². The molecule has 1 aliphatic heterocycles. The first-order chi connectivity index (χ1) is 16.4. The van der Waals surface area contributed by atoms with Crippen molar-refractivity contribution < 1.29 is 0 Å². The van der Waals surface area contributed by atoms with E-state index in [1.807, 2.05) is 43.5 Å². The highest BCUT2D eigenvalue weighted by molar-refractivity contribution is 6.52. The molecule has 1 saturated heterocycles. The molecular formula is C26H34N8. The van der Waals surface area contributed by atoms with Gasteiger partial charge < -0.3 is 11.2 Å². The van der Waals surface area contributed by atoms with Gasteiger partial charge in [0, 0.05) is 62.0 Å². The summed E-state index contributed by atoms with van der Waals surface area (Å²) < 4.78 is 0. The fraction of sp³-hybridized carbons (Fsp3) is 0.385. The van der Waals surface area contributed by atoms with Gasteiger partial charge in [-0.2, -0.15) is 5.10 Å². The summed E-state index contributed by atoms with van der Waals surface area (Å²) in [6.07, 6.45) is 1.87. The van der Waals surface area contributed by atoms with Crippen LogP contribution in [-0.2, 0) is 0 Å². The molecule has 4 N–H and O–H groups in total. The van der Waals surface area contributed by atoms with Crippen LogP contribution in [0.2, 0.25) is 0 Å². The van der Waals surface area contributed by atoms with Crippen LogP contribution >= 0.6 is 0 Å². The summed E-state index contributed by atoms with van der Waals surface area (Å²) >= 11 is 0. The van der Waals surface area contributed by atoms with Crippen LogP contribution in [0.1, 0.15) is 30.8 Å². The van der Waals surface area contributed by atoms with Gasteiger partial charge >= 0.3 is 0 Å². The molecule has 0 atom stereocenters. The van der Waals surface area contributed by atoms with E-state index in [1.54, 1.807) is 6.07 Å². The predicted octanol–water partition coefficient (Wildman–Crippen LogP) is 3.11. The van der Waals surface area contributed by atoms with Crippen LogP contribution in [0.4, 0.5) is 5.69 Å². The smallest absolute Gasteiger partial charge is 0.117 e. The standard InChI is InChI=1S/C26H34N8/c1-18(2)34-13-11-33(12-14-34)10-9-29-22-16-21-15-20(7-8-23(21)30-17-22)26(32-28)25(27)24-6-4-5-19(3)31-24/h4-8,15-18,27,29H,9-14,28H2,1-3H3/b27-25?,32-26-. The molecule has 178 valence electrons. The van der Waals surface area contributed by atoms with Crippen LogP contribution in [0.15, 0.2) is 53.8 Å². The number of aryl methyl sites for hydroxylation is 1. The minimum atomic E-state index is 0.199. The summed E-state index contributed by atoms with van der Waals surface area (Å²) in [5, 5.41) is 17.0. The minimum absolute atomic E-state index is 0.199. The third-order valence-corrected chi connectivity index (χ3v) is 6.36. The van der Waals surface area contributed by atoms with E-state index in [1.165, 1.54) is 0 Å². The first-order valence-corrected chi connectivity index (χ1v) is 11.9. The summed E-state index contributed by atoms with van der Waals surface area (Å²) in [5.41, 5.74) is 4.63. The fourth-order valence-electron chi connectivity index (χ4n) is 4.32. The van der Waals surface area contributed by atoms with Crippen LogP contribution in [0, 0.1) is 12.3 Å². The minimum Gasteiger partial charge on any atom is -0.382 e.